The van der Waals surface area contributed by atoms with E-state index in [9.17, 15) is 13.6 Å². The zero-order chi connectivity index (χ0) is 17.2. The van der Waals surface area contributed by atoms with Crippen molar-refractivity contribution in [3.63, 3.8) is 0 Å². The van der Waals surface area contributed by atoms with Crippen LogP contribution in [0.1, 0.15) is 26.2 Å². The highest BCUT2D eigenvalue weighted by molar-refractivity contribution is 5.95. The Kier molecular flexibility index (Phi) is 4.60. The molecular weight excluding hydrogens is 310 g/mol. The third-order valence-corrected chi connectivity index (χ3v) is 4.10. The molecule has 126 valence electrons. The quantitative estimate of drug-likeness (QED) is 0.882. The fourth-order valence-corrected chi connectivity index (χ4v) is 2.18. The van der Waals surface area contributed by atoms with Crippen LogP contribution in [0.25, 0.3) is 11.3 Å². The maximum atomic E-state index is 12.8. The Morgan fingerprint density at radius 2 is 1.92 bits per heavy atom. The number of carbonyl (C=O) groups excluding carboxylic acids is 1. The summed E-state index contributed by atoms with van der Waals surface area (Å²) >= 11 is 0. The molecule has 0 bridgehead atoms. The lowest BCUT2D eigenvalue weighted by atomic mass is 10.1. The van der Waals surface area contributed by atoms with Gasteiger partial charge in [0.2, 0.25) is 5.91 Å². The number of hydrogen-bond donors (Lipinski definition) is 1. The minimum atomic E-state index is -2.84. The summed E-state index contributed by atoms with van der Waals surface area (Å²) in [6.07, 6.45) is 4.28. The van der Waals surface area contributed by atoms with Crippen LogP contribution < -0.4 is 5.32 Å². The molecule has 4 rings (SSSR count). The molecular formula is C19H20F2N2O. The second-order valence-electron chi connectivity index (χ2n) is 6.49. The van der Waals surface area contributed by atoms with Crippen molar-refractivity contribution in [3.05, 3.63) is 48.7 Å². The first-order valence-corrected chi connectivity index (χ1v) is 8.16. The monoisotopic (exact) mass is 330 g/mol. The fourth-order valence-electron chi connectivity index (χ4n) is 2.18. The number of carbonyl (C=O) groups is 1. The van der Waals surface area contributed by atoms with Crippen LogP contribution in [-0.4, -0.2) is 16.8 Å². The van der Waals surface area contributed by atoms with Crippen LogP contribution >= 0.6 is 0 Å². The van der Waals surface area contributed by atoms with E-state index in [2.05, 4.69) is 17.2 Å². The molecule has 1 atom stereocenters. The van der Waals surface area contributed by atoms with Gasteiger partial charge in [-0.2, -0.15) is 0 Å². The van der Waals surface area contributed by atoms with Crippen LogP contribution in [0, 0.1) is 11.8 Å². The molecule has 1 heterocycles. The molecule has 2 aliphatic carbocycles. The third kappa shape index (κ3) is 4.37. The molecule has 5 heteroatoms. The number of nitrogens with zero attached hydrogens (tertiary/aromatic N) is 1. The molecule has 1 amide bonds. The Morgan fingerprint density at radius 3 is 2.46 bits per heavy atom. The average Bonchev–Trinajstić information content (AvgIpc) is 3.48. The van der Waals surface area contributed by atoms with Gasteiger partial charge in [0.25, 0.3) is 5.92 Å². The number of anilines is 1. The summed E-state index contributed by atoms with van der Waals surface area (Å²) in [6.45, 7) is 2.28. The molecule has 0 aliphatic heterocycles. The number of benzene rings is 1. The fraction of sp³-hybridized carbons (Fsp3) is 0.368. The zero-order valence-electron chi connectivity index (χ0n) is 13.5. The summed E-state index contributed by atoms with van der Waals surface area (Å²) in [5.41, 5.74) is 2.09. The van der Waals surface area contributed by atoms with Gasteiger partial charge in [-0.25, -0.2) is 8.78 Å². The highest BCUT2D eigenvalue weighted by Gasteiger charge is 2.61. The van der Waals surface area contributed by atoms with Crippen molar-refractivity contribution in [2.45, 2.75) is 32.1 Å². The van der Waals surface area contributed by atoms with Crippen molar-refractivity contribution < 1.29 is 13.6 Å². The lowest BCUT2D eigenvalue weighted by Gasteiger charge is -2.07. The first kappa shape index (κ1) is 16.6. The van der Waals surface area contributed by atoms with E-state index in [1.807, 2.05) is 24.3 Å². The van der Waals surface area contributed by atoms with E-state index in [-0.39, 0.29) is 6.42 Å². The minimum absolute atomic E-state index is 0.362. The van der Waals surface area contributed by atoms with Crippen molar-refractivity contribution in [3.8, 4) is 11.3 Å². The average molecular weight is 330 g/mol. The molecule has 3 nitrogen and oxygen atoms in total. The molecule has 1 aromatic carbocycles. The van der Waals surface area contributed by atoms with Gasteiger partial charge < -0.3 is 5.32 Å². The van der Waals surface area contributed by atoms with Crippen LogP contribution in [0.15, 0.2) is 48.7 Å². The molecule has 1 aromatic heterocycles. The summed E-state index contributed by atoms with van der Waals surface area (Å²) in [6, 6.07) is 12.5. The van der Waals surface area contributed by atoms with E-state index in [1.54, 1.807) is 24.4 Å². The van der Waals surface area contributed by atoms with Gasteiger partial charge in [-0.1, -0.05) is 38.0 Å². The van der Waals surface area contributed by atoms with E-state index < -0.39 is 17.7 Å². The molecule has 2 aromatic rings. The minimum Gasteiger partial charge on any atom is -0.326 e. The highest BCUT2D eigenvalue weighted by atomic mass is 19.3. The number of halogens is 2. The highest BCUT2D eigenvalue weighted by Crippen LogP contribution is 2.49. The summed E-state index contributed by atoms with van der Waals surface area (Å²) in [5.74, 6) is -3.59. The summed E-state index contributed by atoms with van der Waals surface area (Å²) in [7, 11) is 0. The number of aromatic nitrogens is 1. The van der Waals surface area contributed by atoms with Crippen molar-refractivity contribution >= 4 is 11.6 Å². The lowest BCUT2D eigenvalue weighted by molar-refractivity contribution is -0.119. The Labute approximate surface area is 140 Å². The first-order valence-electron chi connectivity index (χ1n) is 8.16. The zero-order valence-corrected chi connectivity index (χ0v) is 13.5. The molecule has 0 spiro atoms. The predicted molar refractivity (Wildman–Crippen MR) is 89.8 cm³/mol. The molecule has 2 saturated carbocycles. The van der Waals surface area contributed by atoms with E-state index in [0.717, 1.165) is 17.2 Å². The van der Waals surface area contributed by atoms with Gasteiger partial charge in [-0.15, -0.1) is 0 Å². The van der Waals surface area contributed by atoms with Crippen molar-refractivity contribution in [2.24, 2.45) is 11.8 Å². The van der Waals surface area contributed by atoms with Crippen molar-refractivity contribution in [1.82, 2.24) is 4.98 Å². The lowest BCUT2D eigenvalue weighted by Crippen LogP contribution is -2.17. The van der Waals surface area contributed by atoms with Crippen LogP contribution in [0.3, 0.4) is 0 Å². The Hall–Kier alpha value is -2.30. The van der Waals surface area contributed by atoms with E-state index in [0.29, 0.717) is 5.69 Å². The van der Waals surface area contributed by atoms with E-state index in [4.69, 9.17) is 0 Å². The molecule has 0 radical (unpaired) electrons. The van der Waals surface area contributed by atoms with E-state index in [1.165, 1.54) is 12.8 Å². The van der Waals surface area contributed by atoms with Crippen molar-refractivity contribution in [1.29, 1.82) is 0 Å². The number of pyridine rings is 1. The van der Waals surface area contributed by atoms with Crippen LogP contribution in [-0.2, 0) is 4.79 Å². The van der Waals surface area contributed by atoms with Crippen LogP contribution in [0.4, 0.5) is 14.5 Å². The number of rotatable bonds is 3. The number of alkyl halides is 2. The predicted octanol–water partition coefficient (Wildman–Crippen LogP) is 4.76. The summed E-state index contributed by atoms with van der Waals surface area (Å²) in [5, 5.41) is 2.52. The second-order valence-corrected chi connectivity index (χ2v) is 6.49. The third-order valence-electron chi connectivity index (χ3n) is 4.10. The van der Waals surface area contributed by atoms with Gasteiger partial charge in [-0.05, 0) is 30.2 Å². The van der Waals surface area contributed by atoms with Gasteiger partial charge >= 0.3 is 0 Å². The van der Waals surface area contributed by atoms with Crippen LogP contribution in [0.2, 0.25) is 0 Å². The molecule has 2 aliphatic rings. The van der Waals surface area contributed by atoms with Gasteiger partial charge in [0.15, 0.2) is 0 Å². The normalized spacial score (nSPS) is 20.5. The number of nitrogens with one attached hydrogen (secondary N) is 1. The largest absolute Gasteiger partial charge is 0.326 e. The SMILES string of the molecule is CC1CC1.O=C(Nc1cccc(-c2ccccn2)c1)C1CC1(F)F. The first-order chi connectivity index (χ1) is 11.5. The summed E-state index contributed by atoms with van der Waals surface area (Å²) in [4.78, 5) is 15.8. The number of hydrogen-bond acceptors (Lipinski definition) is 2. The molecule has 24 heavy (non-hydrogen) atoms. The summed E-state index contributed by atoms with van der Waals surface area (Å²) < 4.78 is 25.6. The van der Waals surface area contributed by atoms with Gasteiger partial charge in [0.1, 0.15) is 5.92 Å². The topological polar surface area (TPSA) is 42.0 Å². The number of amides is 1. The van der Waals surface area contributed by atoms with Crippen molar-refractivity contribution in [2.75, 3.05) is 5.32 Å². The van der Waals surface area contributed by atoms with E-state index >= 15 is 0 Å². The second kappa shape index (κ2) is 6.67. The van der Waals surface area contributed by atoms with Gasteiger partial charge in [0, 0.05) is 23.9 Å². The molecule has 2 fully saturated rings. The van der Waals surface area contributed by atoms with Crippen LogP contribution in [0.5, 0.6) is 0 Å². The Balaban J connectivity index is 0.000000370. The van der Waals surface area contributed by atoms with Gasteiger partial charge in [-0.3, -0.25) is 9.78 Å². The smallest absolute Gasteiger partial charge is 0.260 e. The Bertz CT molecular complexity index is 714. The Morgan fingerprint density at radius 1 is 1.21 bits per heavy atom. The molecule has 0 saturated heterocycles. The standard InChI is InChI=1S/C15H12F2N2O.C4H8/c16-15(17)9-12(15)14(20)19-11-5-3-4-10(8-11)13-6-1-2-7-18-13;1-4-2-3-4/h1-8,12H,9H2,(H,19,20);4H,2-3H2,1H3. The molecule has 1 unspecified atom stereocenters. The maximum absolute atomic E-state index is 12.8. The maximum Gasteiger partial charge on any atom is 0.260 e. The molecule has 1 N–H and O–H groups in total. The van der Waals surface area contributed by atoms with Gasteiger partial charge in [0.05, 0.1) is 5.69 Å².